The Kier molecular flexibility index (Phi) is 3.99. The number of rotatable bonds is 3. The monoisotopic (exact) mass is 279 g/mol. The quantitative estimate of drug-likeness (QED) is 0.913. The molecule has 1 aliphatic heterocycles. The minimum Gasteiger partial charge on any atom is -0.493 e. The topological polar surface area (TPSA) is 21.3 Å². The summed E-state index contributed by atoms with van der Waals surface area (Å²) in [6.45, 7) is 0.812. The maximum atomic E-state index is 6.23. The number of benzene rings is 1. The Labute approximate surface area is 120 Å². The van der Waals surface area contributed by atoms with Crippen molar-refractivity contribution < 1.29 is 4.74 Å². The zero-order valence-electron chi connectivity index (χ0n) is 11.5. The first-order valence-electron chi connectivity index (χ1n) is 7.37. The van der Waals surface area contributed by atoms with Crippen molar-refractivity contribution in [1.82, 2.24) is 5.32 Å². The number of hydrogen-bond donors (Lipinski definition) is 1. The van der Waals surface area contributed by atoms with Crippen molar-refractivity contribution in [3.05, 3.63) is 28.3 Å². The molecule has 0 saturated heterocycles. The van der Waals surface area contributed by atoms with E-state index in [9.17, 15) is 0 Å². The van der Waals surface area contributed by atoms with E-state index in [1.54, 1.807) is 0 Å². The molecular formula is C16H22ClNO. The molecule has 0 radical (unpaired) electrons. The van der Waals surface area contributed by atoms with Gasteiger partial charge in [-0.2, -0.15) is 0 Å². The number of ether oxygens (including phenoxy) is 1. The Balaban J connectivity index is 1.76. The lowest BCUT2D eigenvalue weighted by Gasteiger charge is -2.29. The zero-order chi connectivity index (χ0) is 13.2. The highest BCUT2D eigenvalue weighted by atomic mass is 35.5. The molecule has 2 unspecified atom stereocenters. The molecule has 2 nitrogen and oxygen atoms in total. The van der Waals surface area contributed by atoms with Crippen LogP contribution in [0.4, 0.5) is 0 Å². The summed E-state index contributed by atoms with van der Waals surface area (Å²) >= 11 is 6.23. The van der Waals surface area contributed by atoms with E-state index in [1.807, 2.05) is 0 Å². The predicted molar refractivity (Wildman–Crippen MR) is 79.2 cm³/mol. The van der Waals surface area contributed by atoms with Crippen molar-refractivity contribution in [2.24, 2.45) is 5.92 Å². The van der Waals surface area contributed by atoms with Crippen LogP contribution in [0.3, 0.4) is 0 Å². The molecule has 1 aromatic rings. The van der Waals surface area contributed by atoms with Gasteiger partial charge < -0.3 is 10.1 Å². The lowest BCUT2D eigenvalue weighted by Crippen LogP contribution is -2.32. The van der Waals surface area contributed by atoms with Crippen molar-refractivity contribution >= 4 is 11.6 Å². The number of nitrogens with one attached hydrogen (secondary N) is 1. The summed E-state index contributed by atoms with van der Waals surface area (Å²) in [5.74, 6) is 1.88. The molecule has 2 atom stereocenters. The molecule has 1 heterocycles. The Morgan fingerprint density at radius 3 is 3.11 bits per heavy atom. The summed E-state index contributed by atoms with van der Waals surface area (Å²) in [6, 6.07) is 4.85. The van der Waals surface area contributed by atoms with Crippen LogP contribution in [0.25, 0.3) is 0 Å². The molecule has 3 heteroatoms. The fourth-order valence-corrected chi connectivity index (χ4v) is 3.81. The van der Waals surface area contributed by atoms with E-state index >= 15 is 0 Å². The first kappa shape index (κ1) is 13.3. The van der Waals surface area contributed by atoms with Gasteiger partial charge >= 0.3 is 0 Å². The molecule has 1 N–H and O–H groups in total. The fourth-order valence-electron chi connectivity index (χ4n) is 3.55. The van der Waals surface area contributed by atoms with Gasteiger partial charge in [0.2, 0.25) is 0 Å². The average molecular weight is 280 g/mol. The van der Waals surface area contributed by atoms with E-state index in [-0.39, 0.29) is 0 Å². The van der Waals surface area contributed by atoms with Gasteiger partial charge in [-0.15, -0.1) is 0 Å². The minimum absolute atomic E-state index is 0.687. The van der Waals surface area contributed by atoms with Gasteiger partial charge in [0.05, 0.1) is 6.61 Å². The standard InChI is InChI=1S/C16H22ClNO/c1-18-15-4-2-3-11(8-15)7-13-10-14(17)9-12-5-6-19-16(12)13/h9-11,15,18H,2-8H2,1H3. The van der Waals surface area contributed by atoms with Crippen molar-refractivity contribution in [2.45, 2.75) is 44.6 Å². The van der Waals surface area contributed by atoms with E-state index in [0.717, 1.165) is 36.1 Å². The summed E-state index contributed by atoms with van der Waals surface area (Å²) < 4.78 is 5.81. The van der Waals surface area contributed by atoms with Crippen LogP contribution < -0.4 is 10.1 Å². The van der Waals surface area contributed by atoms with Crippen LogP contribution in [0.5, 0.6) is 5.75 Å². The van der Waals surface area contributed by atoms with Gasteiger partial charge in [0.25, 0.3) is 0 Å². The molecule has 0 bridgehead atoms. The van der Waals surface area contributed by atoms with Crippen molar-refractivity contribution in [3.63, 3.8) is 0 Å². The third-order valence-corrected chi connectivity index (χ3v) is 4.74. The van der Waals surface area contributed by atoms with E-state index < -0.39 is 0 Å². The second-order valence-corrected chi connectivity index (χ2v) is 6.31. The maximum absolute atomic E-state index is 6.23. The van der Waals surface area contributed by atoms with Crippen molar-refractivity contribution in [3.8, 4) is 5.75 Å². The first-order chi connectivity index (χ1) is 9.26. The zero-order valence-corrected chi connectivity index (χ0v) is 12.3. The Bertz CT molecular complexity index is 460. The van der Waals surface area contributed by atoms with E-state index in [0.29, 0.717) is 6.04 Å². The molecule has 0 amide bonds. The Morgan fingerprint density at radius 2 is 2.26 bits per heavy atom. The van der Waals surface area contributed by atoms with Crippen LogP contribution >= 0.6 is 11.6 Å². The van der Waals surface area contributed by atoms with Gasteiger partial charge in [-0.25, -0.2) is 0 Å². The lowest BCUT2D eigenvalue weighted by atomic mass is 9.82. The Morgan fingerprint density at radius 1 is 1.37 bits per heavy atom. The summed E-state index contributed by atoms with van der Waals surface area (Å²) in [6.07, 6.45) is 7.38. The van der Waals surface area contributed by atoms with Crippen LogP contribution in [-0.2, 0) is 12.8 Å². The molecule has 1 fully saturated rings. The summed E-state index contributed by atoms with van der Waals surface area (Å²) in [5.41, 5.74) is 2.62. The molecule has 1 saturated carbocycles. The summed E-state index contributed by atoms with van der Waals surface area (Å²) in [4.78, 5) is 0. The molecule has 0 aromatic heterocycles. The summed E-state index contributed by atoms with van der Waals surface area (Å²) in [7, 11) is 2.08. The smallest absolute Gasteiger partial charge is 0.125 e. The molecule has 1 aliphatic carbocycles. The minimum atomic E-state index is 0.687. The number of halogens is 1. The van der Waals surface area contributed by atoms with Crippen LogP contribution in [0.2, 0.25) is 5.02 Å². The van der Waals surface area contributed by atoms with Gasteiger partial charge in [-0.1, -0.05) is 24.4 Å². The van der Waals surface area contributed by atoms with Crippen LogP contribution in [0, 0.1) is 5.92 Å². The lowest BCUT2D eigenvalue weighted by molar-refractivity contribution is 0.290. The second kappa shape index (κ2) is 5.72. The van der Waals surface area contributed by atoms with Crippen LogP contribution in [0.15, 0.2) is 12.1 Å². The highest BCUT2D eigenvalue weighted by Gasteiger charge is 2.24. The molecule has 2 aliphatic rings. The largest absolute Gasteiger partial charge is 0.493 e. The SMILES string of the molecule is CNC1CCCC(Cc2cc(Cl)cc3c2OCC3)C1. The Hall–Kier alpha value is -0.730. The van der Waals surface area contributed by atoms with Crippen LogP contribution in [-0.4, -0.2) is 19.7 Å². The highest BCUT2D eigenvalue weighted by Crippen LogP contribution is 2.36. The van der Waals surface area contributed by atoms with Crippen LogP contribution in [0.1, 0.15) is 36.8 Å². The molecule has 0 spiro atoms. The third-order valence-electron chi connectivity index (χ3n) is 4.52. The van der Waals surface area contributed by atoms with Crippen molar-refractivity contribution in [2.75, 3.05) is 13.7 Å². The van der Waals surface area contributed by atoms with Gasteiger partial charge in [0, 0.05) is 17.5 Å². The van der Waals surface area contributed by atoms with Gasteiger partial charge in [-0.3, -0.25) is 0 Å². The second-order valence-electron chi connectivity index (χ2n) is 5.87. The van der Waals surface area contributed by atoms with Gasteiger partial charge in [-0.05, 0) is 55.5 Å². The molecule has 104 valence electrons. The highest BCUT2D eigenvalue weighted by molar-refractivity contribution is 6.30. The molecule has 19 heavy (non-hydrogen) atoms. The summed E-state index contributed by atoms with van der Waals surface area (Å²) in [5, 5.41) is 4.29. The number of hydrogen-bond acceptors (Lipinski definition) is 2. The number of fused-ring (bicyclic) bond motifs is 1. The molecular weight excluding hydrogens is 258 g/mol. The third kappa shape index (κ3) is 2.90. The maximum Gasteiger partial charge on any atom is 0.125 e. The predicted octanol–water partition coefficient (Wildman–Crippen LogP) is 3.60. The van der Waals surface area contributed by atoms with Gasteiger partial charge in [0.15, 0.2) is 0 Å². The molecule has 1 aromatic carbocycles. The normalized spacial score (nSPS) is 26.0. The van der Waals surface area contributed by atoms with Gasteiger partial charge in [0.1, 0.15) is 5.75 Å². The van der Waals surface area contributed by atoms with Crippen molar-refractivity contribution in [1.29, 1.82) is 0 Å². The average Bonchev–Trinajstić information content (AvgIpc) is 2.87. The first-order valence-corrected chi connectivity index (χ1v) is 7.75. The molecule has 3 rings (SSSR count). The van der Waals surface area contributed by atoms with E-state index in [2.05, 4.69) is 24.5 Å². The van der Waals surface area contributed by atoms with E-state index in [4.69, 9.17) is 16.3 Å². The van der Waals surface area contributed by atoms with E-state index in [1.165, 1.54) is 36.8 Å². The fraction of sp³-hybridized carbons (Fsp3) is 0.625.